The average molecular weight is 312 g/mol. The quantitative estimate of drug-likeness (QED) is 0.800. The van der Waals surface area contributed by atoms with Crippen molar-refractivity contribution in [1.82, 2.24) is 10.1 Å². The third-order valence-electron chi connectivity index (χ3n) is 3.70. The summed E-state index contributed by atoms with van der Waals surface area (Å²) in [5.41, 5.74) is 2.36. The third-order valence-corrected chi connectivity index (χ3v) is 4.57. The highest BCUT2D eigenvalue weighted by Gasteiger charge is 2.18. The van der Waals surface area contributed by atoms with Crippen LogP contribution in [0.25, 0.3) is 10.7 Å². The maximum atomic E-state index is 5.43. The van der Waals surface area contributed by atoms with Crippen molar-refractivity contribution in [3.8, 4) is 10.7 Å². The van der Waals surface area contributed by atoms with Gasteiger partial charge in [-0.15, -0.1) is 11.3 Å². The molecule has 2 aromatic heterocycles. The first kappa shape index (κ1) is 13.3. The largest absolute Gasteiger partial charge is 0.383 e. The van der Waals surface area contributed by atoms with E-state index < -0.39 is 0 Å². The summed E-state index contributed by atoms with van der Waals surface area (Å²) in [5, 5.41) is 9.56. The number of aromatic nitrogens is 2. The Morgan fingerprint density at radius 1 is 1.23 bits per heavy atom. The number of benzene rings is 1. The average Bonchev–Trinajstić information content (AvgIpc) is 3.18. The molecule has 1 N–H and O–H groups in total. The van der Waals surface area contributed by atoms with E-state index in [0.29, 0.717) is 18.3 Å². The molecule has 1 aliphatic heterocycles. The normalized spacial score (nSPS) is 14.3. The van der Waals surface area contributed by atoms with Crippen molar-refractivity contribution in [1.29, 1.82) is 0 Å². The highest BCUT2D eigenvalue weighted by atomic mass is 32.1. The molecule has 0 aliphatic carbocycles. The summed E-state index contributed by atoms with van der Waals surface area (Å²) in [6.45, 7) is 2.59. The van der Waals surface area contributed by atoms with Gasteiger partial charge in [0.05, 0.1) is 22.8 Å². The Morgan fingerprint density at radius 2 is 2.18 bits per heavy atom. The van der Waals surface area contributed by atoms with E-state index in [9.17, 15) is 0 Å². The predicted octanol–water partition coefficient (Wildman–Crippen LogP) is 3.62. The third kappa shape index (κ3) is 2.57. The monoisotopic (exact) mass is 312 g/mol. The number of thiophene rings is 1. The highest BCUT2D eigenvalue weighted by molar-refractivity contribution is 7.13. The minimum atomic E-state index is 0.636. The van der Waals surface area contributed by atoms with Crippen LogP contribution < -0.4 is 10.2 Å². The van der Waals surface area contributed by atoms with E-state index in [-0.39, 0.29) is 0 Å². The second-order valence-corrected chi connectivity index (χ2v) is 6.16. The van der Waals surface area contributed by atoms with Crippen molar-refractivity contribution >= 4 is 22.7 Å². The molecule has 6 heteroatoms. The first-order valence-corrected chi connectivity index (χ1v) is 8.22. The molecule has 4 rings (SSSR count). The Bertz CT molecular complexity index is 753. The molecule has 0 atom stereocenters. The Balaban J connectivity index is 1.58. The second kappa shape index (κ2) is 5.81. The molecule has 22 heavy (non-hydrogen) atoms. The number of anilines is 2. The van der Waals surface area contributed by atoms with Gasteiger partial charge in [0.25, 0.3) is 0 Å². The Hall–Kier alpha value is -2.34. The van der Waals surface area contributed by atoms with E-state index in [2.05, 4.69) is 44.6 Å². The molecule has 5 nitrogen and oxygen atoms in total. The summed E-state index contributed by atoms with van der Waals surface area (Å²) in [6.07, 6.45) is 1.08. The van der Waals surface area contributed by atoms with E-state index >= 15 is 0 Å². The van der Waals surface area contributed by atoms with Crippen LogP contribution >= 0.6 is 11.3 Å². The Labute approximate surface area is 132 Å². The van der Waals surface area contributed by atoms with Crippen molar-refractivity contribution in [3.63, 3.8) is 0 Å². The van der Waals surface area contributed by atoms with Gasteiger partial charge >= 0.3 is 0 Å². The van der Waals surface area contributed by atoms with Gasteiger partial charge < -0.3 is 14.7 Å². The van der Waals surface area contributed by atoms with Crippen molar-refractivity contribution < 1.29 is 4.52 Å². The fourth-order valence-electron chi connectivity index (χ4n) is 2.66. The molecule has 0 spiro atoms. The molecule has 3 heterocycles. The van der Waals surface area contributed by atoms with E-state index in [4.69, 9.17) is 4.52 Å². The highest BCUT2D eigenvalue weighted by Crippen LogP contribution is 2.29. The van der Waals surface area contributed by atoms with Crippen LogP contribution in [0.1, 0.15) is 12.3 Å². The number of hydrogen-bond donors (Lipinski definition) is 1. The summed E-state index contributed by atoms with van der Waals surface area (Å²) in [4.78, 5) is 7.85. The summed E-state index contributed by atoms with van der Waals surface area (Å²) in [6, 6.07) is 12.3. The first-order valence-electron chi connectivity index (χ1n) is 7.34. The molecule has 3 aromatic rings. The smallest absolute Gasteiger partial charge is 0.246 e. The number of hydrogen-bond acceptors (Lipinski definition) is 6. The van der Waals surface area contributed by atoms with Gasteiger partial charge in [0.2, 0.25) is 11.7 Å². The van der Waals surface area contributed by atoms with Crippen LogP contribution in [-0.4, -0.2) is 23.2 Å². The van der Waals surface area contributed by atoms with Crippen LogP contribution in [0.2, 0.25) is 0 Å². The van der Waals surface area contributed by atoms with Crippen LogP contribution in [0, 0.1) is 0 Å². The lowest BCUT2D eigenvalue weighted by atomic mass is 10.2. The van der Waals surface area contributed by atoms with Crippen molar-refractivity contribution in [2.24, 2.45) is 0 Å². The van der Waals surface area contributed by atoms with Crippen molar-refractivity contribution in [2.45, 2.75) is 13.0 Å². The van der Waals surface area contributed by atoms with Crippen LogP contribution in [0.15, 0.2) is 46.3 Å². The SMILES string of the molecule is c1csc(-c2noc(CN3CCCNc4ccccc43)n2)c1. The molecule has 0 amide bonds. The van der Waals surface area contributed by atoms with E-state index in [1.54, 1.807) is 11.3 Å². The standard InChI is InChI=1S/C16H16N4OS/c1-2-6-13-12(5-1)17-8-4-9-20(13)11-15-18-16(19-21-15)14-7-3-10-22-14/h1-3,5-7,10,17H,4,8-9,11H2. The van der Waals surface area contributed by atoms with Crippen LogP contribution in [0.5, 0.6) is 0 Å². The zero-order valence-electron chi connectivity index (χ0n) is 12.0. The van der Waals surface area contributed by atoms with Gasteiger partial charge in [-0.2, -0.15) is 4.98 Å². The number of fused-ring (bicyclic) bond motifs is 1. The number of nitrogens with zero attached hydrogens (tertiary/aromatic N) is 3. The molecule has 1 aromatic carbocycles. The molecule has 0 saturated carbocycles. The fourth-order valence-corrected chi connectivity index (χ4v) is 3.31. The molecule has 0 radical (unpaired) electrons. The molecule has 0 unspecified atom stereocenters. The van der Waals surface area contributed by atoms with E-state index in [1.165, 1.54) is 5.69 Å². The number of nitrogens with one attached hydrogen (secondary N) is 1. The van der Waals surface area contributed by atoms with Crippen molar-refractivity contribution in [3.05, 3.63) is 47.7 Å². The summed E-state index contributed by atoms with van der Waals surface area (Å²) in [7, 11) is 0. The van der Waals surface area contributed by atoms with Gasteiger partial charge in [-0.1, -0.05) is 23.4 Å². The first-order chi connectivity index (χ1) is 10.9. The van der Waals surface area contributed by atoms with E-state index in [1.807, 2.05) is 17.5 Å². The summed E-state index contributed by atoms with van der Waals surface area (Å²) >= 11 is 1.62. The Morgan fingerprint density at radius 3 is 3.09 bits per heavy atom. The van der Waals surface area contributed by atoms with Crippen LogP contribution in [0.3, 0.4) is 0 Å². The summed E-state index contributed by atoms with van der Waals surface area (Å²) < 4.78 is 5.43. The van der Waals surface area contributed by atoms with Crippen molar-refractivity contribution in [2.75, 3.05) is 23.3 Å². The molecule has 112 valence electrons. The second-order valence-electron chi connectivity index (χ2n) is 5.21. The van der Waals surface area contributed by atoms with Gasteiger partial charge in [-0.3, -0.25) is 0 Å². The molecule has 1 aliphatic rings. The minimum Gasteiger partial charge on any atom is -0.383 e. The zero-order valence-corrected chi connectivity index (χ0v) is 12.8. The lowest BCUT2D eigenvalue weighted by Gasteiger charge is -2.22. The fraction of sp³-hybridized carbons (Fsp3) is 0.250. The van der Waals surface area contributed by atoms with Gasteiger partial charge in [0, 0.05) is 13.1 Å². The lowest BCUT2D eigenvalue weighted by molar-refractivity contribution is 0.376. The molecular weight excluding hydrogens is 296 g/mol. The summed E-state index contributed by atoms with van der Waals surface area (Å²) in [5.74, 6) is 1.33. The molecule has 0 fully saturated rings. The maximum Gasteiger partial charge on any atom is 0.246 e. The topological polar surface area (TPSA) is 54.2 Å². The van der Waals surface area contributed by atoms with Gasteiger partial charge in [0.1, 0.15) is 0 Å². The van der Waals surface area contributed by atoms with Crippen LogP contribution in [-0.2, 0) is 6.54 Å². The minimum absolute atomic E-state index is 0.636. The van der Waals surface area contributed by atoms with E-state index in [0.717, 1.165) is 30.1 Å². The Kier molecular flexibility index (Phi) is 3.52. The molecular formula is C16H16N4OS. The van der Waals surface area contributed by atoms with Gasteiger partial charge in [0.15, 0.2) is 0 Å². The molecule has 0 saturated heterocycles. The number of para-hydroxylation sites is 2. The van der Waals surface area contributed by atoms with Gasteiger partial charge in [-0.25, -0.2) is 0 Å². The predicted molar refractivity (Wildman–Crippen MR) is 88.2 cm³/mol. The van der Waals surface area contributed by atoms with Gasteiger partial charge in [-0.05, 0) is 30.0 Å². The lowest BCUT2D eigenvalue weighted by Crippen LogP contribution is -2.23. The zero-order chi connectivity index (χ0) is 14.8. The van der Waals surface area contributed by atoms with Crippen LogP contribution in [0.4, 0.5) is 11.4 Å². The maximum absolute atomic E-state index is 5.43. The molecule has 0 bridgehead atoms. The number of rotatable bonds is 3.